The largest absolute Gasteiger partial charge is 0.311 e. The lowest BCUT2D eigenvalue weighted by Crippen LogP contribution is -2.09. The van der Waals surface area contributed by atoms with E-state index in [1.54, 1.807) is 0 Å². The third-order valence-electron chi connectivity index (χ3n) is 13.6. The lowest BCUT2D eigenvalue weighted by atomic mass is 10.0. The van der Waals surface area contributed by atoms with Gasteiger partial charge >= 0.3 is 0 Å². The lowest BCUT2D eigenvalue weighted by molar-refractivity contribution is 1.13. The Hall–Kier alpha value is -9.38. The second-order valence-corrected chi connectivity index (χ2v) is 17.8. The summed E-state index contributed by atoms with van der Waals surface area (Å²) in [7, 11) is 0. The van der Waals surface area contributed by atoms with Crippen LogP contribution in [-0.4, -0.2) is 9.13 Å². The molecule has 0 unspecified atom stereocenters. The summed E-state index contributed by atoms with van der Waals surface area (Å²) in [6.45, 7) is 0. The van der Waals surface area contributed by atoms with Gasteiger partial charge in [0.05, 0.1) is 22.4 Å². The SMILES string of the molecule is c1ccc(N(c2ccccc2)c2ccc(-n3c(-c4cccc5ccccc45)cc4cc5c(cc(-c6cccc7ccccc67)n5-c5ccc(N(c6ccccc6)c6ccccc6)cc5)cc43)cc2)cc1. The van der Waals surface area contributed by atoms with Crippen molar-refractivity contribution in [1.29, 1.82) is 0 Å². The highest BCUT2D eigenvalue weighted by atomic mass is 15.1. The summed E-state index contributed by atoms with van der Waals surface area (Å²) in [5, 5.41) is 7.19. The monoisotopic (exact) mass is 894 g/mol. The molecular weight excluding hydrogens is 849 g/mol. The van der Waals surface area contributed by atoms with Gasteiger partial charge in [-0.1, -0.05) is 158 Å². The number of hydrogen-bond donors (Lipinski definition) is 0. The Kier molecular flexibility index (Phi) is 10.1. The van der Waals surface area contributed by atoms with Crippen LogP contribution in [0.2, 0.25) is 0 Å². The summed E-state index contributed by atoms with van der Waals surface area (Å²) in [5.41, 5.74) is 15.7. The fourth-order valence-electron chi connectivity index (χ4n) is 10.5. The number of aromatic nitrogens is 2. The molecule has 0 aliphatic carbocycles. The molecule has 0 atom stereocenters. The lowest BCUT2D eigenvalue weighted by Gasteiger charge is -2.25. The van der Waals surface area contributed by atoms with Crippen molar-refractivity contribution in [2.24, 2.45) is 0 Å². The first-order valence-electron chi connectivity index (χ1n) is 23.9. The van der Waals surface area contributed by atoms with Crippen LogP contribution in [0.4, 0.5) is 34.1 Å². The van der Waals surface area contributed by atoms with Crippen molar-refractivity contribution in [2.75, 3.05) is 9.80 Å². The number of nitrogens with zero attached hydrogens (tertiary/aromatic N) is 4. The molecule has 0 aliphatic heterocycles. The van der Waals surface area contributed by atoms with Gasteiger partial charge in [0, 0.05) is 67.4 Å². The maximum Gasteiger partial charge on any atom is 0.0547 e. The Balaban J connectivity index is 1.02. The van der Waals surface area contributed by atoms with Gasteiger partial charge in [0.15, 0.2) is 0 Å². The van der Waals surface area contributed by atoms with Crippen molar-refractivity contribution in [3.8, 4) is 33.9 Å². The molecule has 0 radical (unpaired) electrons. The van der Waals surface area contributed by atoms with Gasteiger partial charge < -0.3 is 18.9 Å². The molecule has 4 nitrogen and oxygen atoms in total. The highest BCUT2D eigenvalue weighted by Gasteiger charge is 2.22. The van der Waals surface area contributed by atoms with Gasteiger partial charge in [-0.05, 0) is 143 Å². The highest BCUT2D eigenvalue weighted by molar-refractivity contribution is 6.07. The quantitative estimate of drug-likeness (QED) is 0.136. The first-order valence-corrected chi connectivity index (χ1v) is 23.9. The van der Waals surface area contributed by atoms with Crippen LogP contribution in [0.5, 0.6) is 0 Å². The zero-order chi connectivity index (χ0) is 46.4. The standard InChI is InChI=1S/C66H46N4/c1-5-23-51(24-6-1)67(52-25-7-2-8-26-52)55-35-39-57(40-36-55)69-63-43-50-46-66(62-34-18-22-48-20-14-16-32-60(48)62)70(64(50)44-49(63)45-65(69)61-33-17-21-47-19-13-15-31-59(47)61)58-41-37-56(38-42-58)68(53-27-9-3-10-28-53)54-29-11-4-12-30-54/h1-46H. The molecule has 0 saturated heterocycles. The number of anilines is 6. The summed E-state index contributed by atoms with van der Waals surface area (Å²) in [6.07, 6.45) is 0. The number of rotatable bonds is 10. The molecule has 13 rings (SSSR count). The molecule has 2 heterocycles. The molecule has 4 heteroatoms. The van der Waals surface area contributed by atoms with Gasteiger partial charge in [-0.25, -0.2) is 0 Å². The van der Waals surface area contributed by atoms with Gasteiger partial charge in [-0.15, -0.1) is 0 Å². The first-order chi connectivity index (χ1) is 34.7. The van der Waals surface area contributed by atoms with Gasteiger partial charge in [-0.3, -0.25) is 0 Å². The van der Waals surface area contributed by atoms with Crippen LogP contribution in [0.25, 0.3) is 77.2 Å². The van der Waals surface area contributed by atoms with E-state index in [0.29, 0.717) is 0 Å². The molecule has 11 aromatic carbocycles. The molecular formula is C66H46N4. The van der Waals surface area contributed by atoms with E-state index in [-0.39, 0.29) is 0 Å². The third-order valence-corrected chi connectivity index (χ3v) is 13.6. The van der Waals surface area contributed by atoms with Crippen LogP contribution in [-0.2, 0) is 0 Å². The zero-order valence-electron chi connectivity index (χ0n) is 38.3. The average Bonchev–Trinajstić information content (AvgIpc) is 3.99. The molecule has 70 heavy (non-hydrogen) atoms. The van der Waals surface area contributed by atoms with E-state index in [1.165, 1.54) is 32.7 Å². The highest BCUT2D eigenvalue weighted by Crippen LogP contribution is 2.43. The van der Waals surface area contributed by atoms with Gasteiger partial charge in [0.1, 0.15) is 0 Å². The maximum absolute atomic E-state index is 2.46. The molecule has 0 aliphatic rings. The van der Waals surface area contributed by atoms with Crippen LogP contribution in [0.15, 0.2) is 279 Å². The van der Waals surface area contributed by atoms with E-state index in [0.717, 1.165) is 78.7 Å². The van der Waals surface area contributed by atoms with Crippen molar-refractivity contribution >= 4 is 77.5 Å². The molecule has 0 N–H and O–H groups in total. The minimum absolute atomic E-state index is 1.09. The van der Waals surface area contributed by atoms with Crippen molar-refractivity contribution < 1.29 is 0 Å². The maximum atomic E-state index is 2.46. The number of hydrogen-bond acceptors (Lipinski definition) is 2. The second-order valence-electron chi connectivity index (χ2n) is 17.8. The first kappa shape index (κ1) is 40.9. The Morgan fingerprint density at radius 1 is 0.229 bits per heavy atom. The summed E-state index contributed by atoms with van der Waals surface area (Å²) in [5.74, 6) is 0. The van der Waals surface area contributed by atoms with Crippen molar-refractivity contribution in [1.82, 2.24) is 9.13 Å². The topological polar surface area (TPSA) is 16.3 Å². The van der Waals surface area contributed by atoms with Gasteiger partial charge in [0.2, 0.25) is 0 Å². The minimum atomic E-state index is 1.09. The minimum Gasteiger partial charge on any atom is -0.311 e. The predicted octanol–water partition coefficient (Wildman–Crippen LogP) is 18.2. The summed E-state index contributed by atoms with van der Waals surface area (Å²) < 4.78 is 4.92. The predicted molar refractivity (Wildman–Crippen MR) is 295 cm³/mol. The molecule has 0 saturated carbocycles. The van der Waals surface area contributed by atoms with E-state index in [4.69, 9.17) is 0 Å². The number of para-hydroxylation sites is 4. The van der Waals surface area contributed by atoms with E-state index < -0.39 is 0 Å². The molecule has 0 spiro atoms. The summed E-state index contributed by atoms with van der Waals surface area (Å²) >= 11 is 0. The van der Waals surface area contributed by atoms with E-state index in [1.807, 2.05) is 0 Å². The van der Waals surface area contributed by atoms with Crippen molar-refractivity contribution in [3.05, 3.63) is 279 Å². The van der Waals surface area contributed by atoms with Gasteiger partial charge in [0.25, 0.3) is 0 Å². The summed E-state index contributed by atoms with van der Waals surface area (Å²) in [6, 6.07) is 101. The third kappa shape index (κ3) is 7.18. The van der Waals surface area contributed by atoms with E-state index >= 15 is 0 Å². The van der Waals surface area contributed by atoms with Crippen LogP contribution < -0.4 is 9.80 Å². The van der Waals surface area contributed by atoms with Crippen LogP contribution in [0.3, 0.4) is 0 Å². The van der Waals surface area contributed by atoms with Gasteiger partial charge in [-0.2, -0.15) is 0 Å². The Morgan fingerprint density at radius 2 is 0.529 bits per heavy atom. The molecule has 330 valence electrons. The smallest absolute Gasteiger partial charge is 0.0547 e. The second kappa shape index (κ2) is 17.4. The van der Waals surface area contributed by atoms with E-state index in [9.17, 15) is 0 Å². The summed E-state index contributed by atoms with van der Waals surface area (Å²) in [4.78, 5) is 4.63. The fraction of sp³-hybridized carbons (Fsp3) is 0. The molecule has 2 aromatic heterocycles. The molecule has 0 bridgehead atoms. The zero-order valence-corrected chi connectivity index (χ0v) is 38.3. The molecule has 0 fully saturated rings. The Bertz CT molecular complexity index is 3620. The average molecular weight is 895 g/mol. The van der Waals surface area contributed by atoms with Crippen LogP contribution >= 0.6 is 0 Å². The Labute approximate surface area is 407 Å². The number of fused-ring (bicyclic) bond motifs is 4. The van der Waals surface area contributed by atoms with E-state index in [2.05, 4.69) is 298 Å². The van der Waals surface area contributed by atoms with Crippen molar-refractivity contribution in [2.45, 2.75) is 0 Å². The number of benzene rings is 11. The normalized spacial score (nSPS) is 11.4. The van der Waals surface area contributed by atoms with Crippen molar-refractivity contribution in [3.63, 3.8) is 0 Å². The fourth-order valence-corrected chi connectivity index (χ4v) is 10.5. The Morgan fingerprint density at radius 3 is 0.886 bits per heavy atom. The molecule has 0 amide bonds. The van der Waals surface area contributed by atoms with Crippen LogP contribution in [0, 0.1) is 0 Å². The molecule has 13 aromatic rings. The van der Waals surface area contributed by atoms with Crippen LogP contribution in [0.1, 0.15) is 0 Å².